The first-order valence-electron chi connectivity index (χ1n) is 12.8. The average Bonchev–Trinajstić information content (AvgIpc) is 3.17. The predicted octanol–water partition coefficient (Wildman–Crippen LogP) is 3.84. The van der Waals surface area contributed by atoms with Gasteiger partial charge in [-0.3, -0.25) is 19.3 Å². The van der Waals surface area contributed by atoms with Gasteiger partial charge in [-0.25, -0.2) is 0 Å². The second-order valence-electron chi connectivity index (χ2n) is 12.3. The molecule has 2 rings (SSSR count). The van der Waals surface area contributed by atoms with E-state index in [0.717, 1.165) is 12.8 Å². The number of amides is 3. The van der Waals surface area contributed by atoms with Crippen molar-refractivity contribution in [3.05, 3.63) is 12.3 Å². The number of carbonyl (C=O) groups excluding carboxylic acids is 3. The van der Waals surface area contributed by atoms with Crippen LogP contribution in [0.15, 0.2) is 12.3 Å². The van der Waals surface area contributed by atoms with Gasteiger partial charge in [-0.05, 0) is 70.4 Å². The molecule has 4 atom stereocenters. The highest BCUT2D eigenvalue weighted by molar-refractivity contribution is 6.06. The normalized spacial score (nSPS) is 25.5. The molecule has 1 aliphatic carbocycles. The van der Waals surface area contributed by atoms with Crippen molar-refractivity contribution in [2.75, 3.05) is 27.2 Å². The molecule has 0 aromatic heterocycles. The van der Waals surface area contributed by atoms with E-state index in [0.29, 0.717) is 19.6 Å². The van der Waals surface area contributed by atoms with E-state index in [1.54, 1.807) is 0 Å². The second-order valence-corrected chi connectivity index (χ2v) is 12.3. The summed E-state index contributed by atoms with van der Waals surface area (Å²) in [6.07, 6.45) is 6.58. The van der Waals surface area contributed by atoms with Gasteiger partial charge in [-0.2, -0.15) is 0 Å². The summed E-state index contributed by atoms with van der Waals surface area (Å²) < 4.78 is 5.60. The van der Waals surface area contributed by atoms with Crippen LogP contribution in [0, 0.1) is 29.1 Å². The summed E-state index contributed by atoms with van der Waals surface area (Å²) in [6.45, 7) is 15.3. The number of hydrogen-bond acceptors (Lipinski definition) is 5. The first-order valence-corrected chi connectivity index (χ1v) is 12.8. The molecule has 2 aliphatic rings. The van der Waals surface area contributed by atoms with Gasteiger partial charge >= 0.3 is 0 Å². The van der Waals surface area contributed by atoms with Crippen molar-refractivity contribution in [2.45, 2.75) is 85.8 Å². The van der Waals surface area contributed by atoms with Crippen molar-refractivity contribution in [1.29, 1.82) is 0 Å². The summed E-state index contributed by atoms with van der Waals surface area (Å²) in [5.41, 5.74) is -0.422. The van der Waals surface area contributed by atoms with Gasteiger partial charge in [0.15, 0.2) is 0 Å². The Morgan fingerprint density at radius 1 is 1.15 bits per heavy atom. The molecule has 34 heavy (non-hydrogen) atoms. The Bertz CT molecular complexity index is 766. The van der Waals surface area contributed by atoms with Gasteiger partial charge in [0, 0.05) is 39.2 Å². The van der Waals surface area contributed by atoms with Crippen molar-refractivity contribution >= 4 is 17.7 Å². The van der Waals surface area contributed by atoms with Crippen LogP contribution in [0.3, 0.4) is 0 Å². The highest BCUT2D eigenvalue weighted by Crippen LogP contribution is 2.54. The molecule has 1 heterocycles. The van der Waals surface area contributed by atoms with Crippen LogP contribution in [0.4, 0.5) is 0 Å². The Hall–Kier alpha value is -1.89. The molecule has 7 nitrogen and oxygen atoms in total. The Labute approximate surface area is 206 Å². The molecule has 3 amide bonds. The van der Waals surface area contributed by atoms with Crippen LogP contribution < -0.4 is 5.32 Å². The zero-order valence-electron chi connectivity index (χ0n) is 22.8. The number of allylic oxidation sites excluding steroid dienone is 1. The fourth-order valence-corrected chi connectivity index (χ4v) is 5.28. The van der Waals surface area contributed by atoms with E-state index in [9.17, 15) is 14.4 Å². The van der Waals surface area contributed by atoms with E-state index in [4.69, 9.17) is 4.74 Å². The molecule has 1 saturated heterocycles. The minimum atomic E-state index is -0.367. The number of nitrogens with zero attached hydrogens (tertiary/aromatic N) is 2. The van der Waals surface area contributed by atoms with Crippen LogP contribution in [0.2, 0.25) is 0 Å². The smallest absolute Gasteiger partial charge is 0.233 e. The summed E-state index contributed by atoms with van der Waals surface area (Å²) in [5.74, 6) is -0.514. The van der Waals surface area contributed by atoms with E-state index >= 15 is 0 Å². The van der Waals surface area contributed by atoms with E-state index in [2.05, 4.69) is 32.2 Å². The fraction of sp³-hybridized carbons (Fsp3) is 0.815. The average molecular weight is 478 g/mol. The van der Waals surface area contributed by atoms with Crippen LogP contribution >= 0.6 is 0 Å². The zero-order chi connectivity index (χ0) is 25.8. The number of imide groups is 1. The number of hydrogen-bond donors (Lipinski definition) is 1. The lowest BCUT2D eigenvalue weighted by atomic mass is 9.74. The minimum Gasteiger partial charge on any atom is -0.384 e. The molecule has 0 aromatic rings. The Morgan fingerprint density at radius 2 is 1.76 bits per heavy atom. The zero-order valence-corrected chi connectivity index (χ0v) is 22.8. The van der Waals surface area contributed by atoms with Gasteiger partial charge < -0.3 is 15.0 Å². The third kappa shape index (κ3) is 7.30. The van der Waals surface area contributed by atoms with Gasteiger partial charge in [-0.15, -0.1) is 0 Å². The first kappa shape index (κ1) is 28.3. The topological polar surface area (TPSA) is 79.0 Å². The monoisotopic (exact) mass is 477 g/mol. The van der Waals surface area contributed by atoms with Crippen LogP contribution in [0.5, 0.6) is 0 Å². The van der Waals surface area contributed by atoms with Crippen molar-refractivity contribution < 1.29 is 19.1 Å². The number of likely N-dealkylation sites (tertiary alicyclic amines) is 1. The molecule has 1 saturated carbocycles. The Kier molecular flexibility index (Phi) is 9.37. The predicted molar refractivity (Wildman–Crippen MR) is 135 cm³/mol. The molecule has 0 bridgehead atoms. The van der Waals surface area contributed by atoms with E-state index in [-0.39, 0.29) is 64.9 Å². The maximum atomic E-state index is 13.4. The Morgan fingerprint density at radius 3 is 2.32 bits per heavy atom. The maximum Gasteiger partial charge on any atom is 0.233 e. The maximum absolute atomic E-state index is 13.4. The second kappa shape index (κ2) is 11.2. The van der Waals surface area contributed by atoms with Gasteiger partial charge in [0.25, 0.3) is 0 Å². The van der Waals surface area contributed by atoms with Gasteiger partial charge in [-0.1, -0.05) is 26.8 Å². The SMILES string of the molecule is CC(C)OCCC(C)(C)NC(=O)CCCN1C(=O)C2C(/C=C\N(C)C)CC(C(C)(C)C)C2C1=O. The Balaban J connectivity index is 1.98. The van der Waals surface area contributed by atoms with Crippen LogP contribution in [0.1, 0.15) is 74.1 Å². The number of rotatable bonds is 11. The van der Waals surface area contributed by atoms with Gasteiger partial charge in [0.05, 0.1) is 17.9 Å². The summed E-state index contributed by atoms with van der Waals surface area (Å²) in [7, 11) is 3.92. The first-order chi connectivity index (χ1) is 15.6. The molecule has 0 spiro atoms. The molecular formula is C27H47N3O4. The lowest BCUT2D eigenvalue weighted by molar-refractivity contribution is -0.141. The van der Waals surface area contributed by atoms with Crippen molar-refractivity contribution in [3.63, 3.8) is 0 Å². The summed E-state index contributed by atoms with van der Waals surface area (Å²) in [6, 6.07) is 0. The molecule has 1 N–H and O–H groups in total. The largest absolute Gasteiger partial charge is 0.384 e. The number of carbonyl (C=O) groups is 3. The van der Waals surface area contributed by atoms with Gasteiger partial charge in [0.2, 0.25) is 17.7 Å². The third-order valence-electron chi connectivity index (χ3n) is 7.10. The van der Waals surface area contributed by atoms with Crippen LogP contribution in [-0.2, 0) is 19.1 Å². The summed E-state index contributed by atoms with van der Waals surface area (Å²) in [4.78, 5) is 42.6. The summed E-state index contributed by atoms with van der Waals surface area (Å²) in [5, 5.41) is 3.06. The lowest BCUT2D eigenvalue weighted by Gasteiger charge is -2.31. The van der Waals surface area contributed by atoms with Crippen LogP contribution in [-0.4, -0.2) is 66.4 Å². The quantitative estimate of drug-likeness (QED) is 0.458. The molecule has 4 unspecified atom stereocenters. The molecule has 7 heteroatoms. The van der Waals surface area contributed by atoms with Gasteiger partial charge in [0.1, 0.15) is 0 Å². The molecule has 0 radical (unpaired) electrons. The lowest BCUT2D eigenvalue weighted by Crippen LogP contribution is -2.44. The highest BCUT2D eigenvalue weighted by Gasteiger charge is 2.59. The van der Waals surface area contributed by atoms with Crippen molar-refractivity contribution in [1.82, 2.24) is 15.1 Å². The fourth-order valence-electron chi connectivity index (χ4n) is 5.28. The number of nitrogens with one attached hydrogen (secondary N) is 1. The minimum absolute atomic E-state index is 0.0535. The van der Waals surface area contributed by atoms with Crippen molar-refractivity contribution in [3.8, 4) is 0 Å². The molecule has 1 aliphatic heterocycles. The van der Waals surface area contributed by atoms with Crippen LogP contribution in [0.25, 0.3) is 0 Å². The summed E-state index contributed by atoms with van der Waals surface area (Å²) >= 11 is 0. The van der Waals surface area contributed by atoms with Crippen molar-refractivity contribution in [2.24, 2.45) is 29.1 Å². The van der Waals surface area contributed by atoms with E-state index in [1.807, 2.05) is 52.9 Å². The van der Waals surface area contributed by atoms with E-state index in [1.165, 1.54) is 4.90 Å². The number of fused-ring (bicyclic) bond motifs is 1. The number of ether oxygens (including phenoxy) is 1. The standard InChI is InChI=1S/C27H47N3O4/c1-18(2)34-16-13-27(6,7)28-21(31)11-10-14-30-24(32)22-19(12-15-29(8)9)17-20(26(3,4)5)23(22)25(30)33/h12,15,18-20,22-23H,10-11,13-14,16-17H2,1-9H3,(H,28,31)/b15-12-. The molecule has 194 valence electrons. The molecule has 0 aromatic carbocycles. The molecule has 2 fully saturated rings. The molecular weight excluding hydrogens is 430 g/mol. The third-order valence-corrected chi connectivity index (χ3v) is 7.10. The highest BCUT2D eigenvalue weighted by atomic mass is 16.5. The van der Waals surface area contributed by atoms with E-state index < -0.39 is 0 Å².